The average Bonchev–Trinajstić information content (AvgIpc) is 2.40. The number of halogens is 1. The molecule has 0 heterocycles. The van der Waals surface area contributed by atoms with Crippen LogP contribution in [0.1, 0.15) is 51.5 Å². The van der Waals surface area contributed by atoms with Crippen molar-refractivity contribution in [1.29, 1.82) is 0 Å². The minimum atomic E-state index is 0.534. The molecule has 2 rings (SSSR count). The molecule has 106 valence electrons. The second kappa shape index (κ2) is 6.90. The molecule has 1 atom stereocenters. The van der Waals surface area contributed by atoms with Crippen LogP contribution in [-0.4, -0.2) is 12.6 Å². The average molecular weight is 324 g/mol. The first-order valence-electron chi connectivity index (χ1n) is 7.55. The number of nitrogens with one attached hydrogen (secondary N) is 1. The monoisotopic (exact) mass is 323 g/mol. The van der Waals surface area contributed by atoms with Crippen molar-refractivity contribution in [2.24, 2.45) is 5.41 Å². The summed E-state index contributed by atoms with van der Waals surface area (Å²) in [7, 11) is 0. The van der Waals surface area contributed by atoms with Gasteiger partial charge in [-0.05, 0) is 49.3 Å². The van der Waals surface area contributed by atoms with E-state index in [1.165, 1.54) is 44.2 Å². The summed E-state index contributed by atoms with van der Waals surface area (Å²) in [6.07, 6.45) is 8.17. The Morgan fingerprint density at radius 3 is 2.42 bits per heavy atom. The van der Waals surface area contributed by atoms with Gasteiger partial charge in [-0.2, -0.15) is 0 Å². The Morgan fingerprint density at radius 2 is 1.79 bits per heavy atom. The Balaban J connectivity index is 1.77. The Hall–Kier alpha value is -0.340. The van der Waals surface area contributed by atoms with Crippen molar-refractivity contribution in [2.75, 3.05) is 6.54 Å². The number of benzene rings is 1. The van der Waals surface area contributed by atoms with E-state index in [1.54, 1.807) is 0 Å². The molecule has 1 aromatic carbocycles. The summed E-state index contributed by atoms with van der Waals surface area (Å²) in [6, 6.07) is 9.24. The summed E-state index contributed by atoms with van der Waals surface area (Å²) in [5, 5.41) is 3.74. The molecule has 1 saturated carbocycles. The SMILES string of the molecule is CC(Cc1ccc(Br)cc1)NCC1(C)CCCCC1. The highest BCUT2D eigenvalue weighted by molar-refractivity contribution is 9.10. The Kier molecular flexibility index (Phi) is 5.47. The van der Waals surface area contributed by atoms with Crippen LogP contribution in [0.2, 0.25) is 0 Å². The van der Waals surface area contributed by atoms with Gasteiger partial charge in [0, 0.05) is 17.1 Å². The molecule has 0 aromatic heterocycles. The van der Waals surface area contributed by atoms with Gasteiger partial charge in [-0.3, -0.25) is 0 Å². The molecule has 0 spiro atoms. The predicted molar refractivity (Wildman–Crippen MR) is 86.5 cm³/mol. The normalized spacial score (nSPS) is 20.2. The van der Waals surface area contributed by atoms with E-state index in [9.17, 15) is 0 Å². The summed E-state index contributed by atoms with van der Waals surface area (Å²) < 4.78 is 1.16. The first-order valence-corrected chi connectivity index (χ1v) is 8.35. The highest BCUT2D eigenvalue weighted by Crippen LogP contribution is 2.35. The maximum Gasteiger partial charge on any atom is 0.0175 e. The molecule has 1 aliphatic rings. The molecule has 0 saturated heterocycles. The van der Waals surface area contributed by atoms with Crippen LogP contribution in [0.25, 0.3) is 0 Å². The molecule has 0 radical (unpaired) electrons. The fourth-order valence-electron chi connectivity index (χ4n) is 3.05. The third kappa shape index (κ3) is 4.92. The lowest BCUT2D eigenvalue weighted by Gasteiger charge is -2.35. The third-order valence-electron chi connectivity index (χ3n) is 4.39. The van der Waals surface area contributed by atoms with Gasteiger partial charge in [-0.15, -0.1) is 0 Å². The zero-order chi connectivity index (χ0) is 13.7. The molecule has 1 unspecified atom stereocenters. The maximum absolute atomic E-state index is 3.74. The van der Waals surface area contributed by atoms with Crippen LogP contribution < -0.4 is 5.32 Å². The van der Waals surface area contributed by atoms with Gasteiger partial charge in [0.05, 0.1) is 0 Å². The summed E-state index contributed by atoms with van der Waals surface area (Å²) in [5.41, 5.74) is 1.95. The minimum Gasteiger partial charge on any atom is -0.313 e. The van der Waals surface area contributed by atoms with Crippen molar-refractivity contribution in [2.45, 2.75) is 58.4 Å². The van der Waals surface area contributed by atoms with Gasteiger partial charge >= 0.3 is 0 Å². The molecule has 0 bridgehead atoms. The quantitative estimate of drug-likeness (QED) is 0.809. The first kappa shape index (κ1) is 15.1. The maximum atomic E-state index is 3.74. The van der Waals surface area contributed by atoms with Crippen LogP contribution in [0.4, 0.5) is 0 Å². The van der Waals surface area contributed by atoms with E-state index in [2.05, 4.69) is 59.4 Å². The van der Waals surface area contributed by atoms with E-state index in [0.29, 0.717) is 11.5 Å². The van der Waals surface area contributed by atoms with E-state index < -0.39 is 0 Å². The van der Waals surface area contributed by atoms with E-state index in [1.807, 2.05) is 0 Å². The van der Waals surface area contributed by atoms with Gasteiger partial charge in [-0.25, -0.2) is 0 Å². The highest BCUT2D eigenvalue weighted by atomic mass is 79.9. The van der Waals surface area contributed by atoms with Gasteiger partial charge < -0.3 is 5.32 Å². The van der Waals surface area contributed by atoms with Crippen molar-refractivity contribution in [3.05, 3.63) is 34.3 Å². The predicted octanol–water partition coefficient (Wildman–Crippen LogP) is 4.94. The molecule has 1 aliphatic carbocycles. The van der Waals surface area contributed by atoms with Crippen LogP contribution >= 0.6 is 15.9 Å². The Morgan fingerprint density at radius 1 is 1.16 bits per heavy atom. The third-order valence-corrected chi connectivity index (χ3v) is 4.92. The van der Waals surface area contributed by atoms with Crippen LogP contribution in [-0.2, 0) is 6.42 Å². The smallest absolute Gasteiger partial charge is 0.0175 e. The van der Waals surface area contributed by atoms with Crippen molar-refractivity contribution in [1.82, 2.24) is 5.32 Å². The van der Waals surface area contributed by atoms with E-state index >= 15 is 0 Å². The summed E-state index contributed by atoms with van der Waals surface area (Å²) in [4.78, 5) is 0. The standard InChI is InChI=1S/C17H26BrN/c1-14(12-15-6-8-16(18)9-7-15)19-13-17(2)10-4-3-5-11-17/h6-9,14,19H,3-5,10-13H2,1-2H3. The van der Waals surface area contributed by atoms with Crippen molar-refractivity contribution in [3.8, 4) is 0 Å². The molecule has 0 aliphatic heterocycles. The van der Waals surface area contributed by atoms with Crippen LogP contribution in [0.3, 0.4) is 0 Å². The summed E-state index contributed by atoms with van der Waals surface area (Å²) in [6.45, 7) is 5.92. The van der Waals surface area contributed by atoms with Gasteiger partial charge in [0.1, 0.15) is 0 Å². The number of hydrogen-bond donors (Lipinski definition) is 1. The molecule has 19 heavy (non-hydrogen) atoms. The Labute approximate surface area is 126 Å². The lowest BCUT2D eigenvalue weighted by atomic mass is 9.75. The fourth-order valence-corrected chi connectivity index (χ4v) is 3.31. The van der Waals surface area contributed by atoms with E-state index in [0.717, 1.165) is 10.9 Å². The lowest BCUT2D eigenvalue weighted by Crippen LogP contribution is -2.39. The summed E-state index contributed by atoms with van der Waals surface area (Å²) >= 11 is 3.49. The number of hydrogen-bond acceptors (Lipinski definition) is 1. The minimum absolute atomic E-state index is 0.534. The topological polar surface area (TPSA) is 12.0 Å². The zero-order valence-corrected chi connectivity index (χ0v) is 13.8. The van der Waals surface area contributed by atoms with E-state index in [4.69, 9.17) is 0 Å². The van der Waals surface area contributed by atoms with Crippen LogP contribution in [0, 0.1) is 5.41 Å². The highest BCUT2D eigenvalue weighted by Gasteiger charge is 2.26. The van der Waals surface area contributed by atoms with Gasteiger partial charge in [0.25, 0.3) is 0 Å². The Bertz CT molecular complexity index is 379. The molecule has 1 nitrogen and oxygen atoms in total. The lowest BCUT2D eigenvalue weighted by molar-refractivity contribution is 0.201. The van der Waals surface area contributed by atoms with E-state index in [-0.39, 0.29) is 0 Å². The molecule has 0 amide bonds. The fraction of sp³-hybridized carbons (Fsp3) is 0.647. The largest absolute Gasteiger partial charge is 0.313 e. The second-order valence-electron chi connectivity index (χ2n) is 6.48. The molecular weight excluding hydrogens is 298 g/mol. The van der Waals surface area contributed by atoms with Gasteiger partial charge in [0.2, 0.25) is 0 Å². The van der Waals surface area contributed by atoms with Crippen LogP contribution in [0.5, 0.6) is 0 Å². The van der Waals surface area contributed by atoms with Crippen molar-refractivity contribution in [3.63, 3.8) is 0 Å². The van der Waals surface area contributed by atoms with Crippen LogP contribution in [0.15, 0.2) is 28.7 Å². The molecular formula is C17H26BrN. The summed E-state index contributed by atoms with van der Waals surface area (Å²) in [5.74, 6) is 0. The first-order chi connectivity index (χ1) is 9.07. The van der Waals surface area contributed by atoms with Crippen molar-refractivity contribution < 1.29 is 0 Å². The molecule has 1 aromatic rings. The van der Waals surface area contributed by atoms with Gasteiger partial charge in [0.15, 0.2) is 0 Å². The second-order valence-corrected chi connectivity index (χ2v) is 7.40. The van der Waals surface area contributed by atoms with Crippen molar-refractivity contribution >= 4 is 15.9 Å². The molecule has 2 heteroatoms. The molecule has 1 N–H and O–H groups in total. The zero-order valence-electron chi connectivity index (χ0n) is 12.2. The molecule has 1 fully saturated rings. The number of rotatable bonds is 5. The van der Waals surface area contributed by atoms with Gasteiger partial charge in [-0.1, -0.05) is 54.2 Å².